The number of para-hydroxylation sites is 2. The van der Waals surface area contributed by atoms with Crippen LogP contribution < -0.4 is 15.4 Å². The van der Waals surface area contributed by atoms with E-state index in [1.165, 1.54) is 0 Å². The predicted molar refractivity (Wildman–Crippen MR) is 131 cm³/mol. The van der Waals surface area contributed by atoms with Gasteiger partial charge in [-0.1, -0.05) is 24.1 Å². The number of aromatic nitrogens is 1. The maximum atomic E-state index is 14.6. The third-order valence-corrected chi connectivity index (χ3v) is 6.06. The van der Waals surface area contributed by atoms with Crippen molar-refractivity contribution in [3.63, 3.8) is 0 Å². The van der Waals surface area contributed by atoms with E-state index in [4.69, 9.17) is 4.74 Å². The molecule has 0 amide bonds. The van der Waals surface area contributed by atoms with Crippen LogP contribution in [0.3, 0.4) is 0 Å². The van der Waals surface area contributed by atoms with Gasteiger partial charge in [-0.05, 0) is 49.7 Å². The number of fused-ring (bicyclic) bond motifs is 1. The third kappa shape index (κ3) is 6.01. The van der Waals surface area contributed by atoms with Gasteiger partial charge in [0.15, 0.2) is 0 Å². The number of anilines is 2. The van der Waals surface area contributed by atoms with Gasteiger partial charge in [-0.15, -0.1) is 0 Å². The zero-order valence-corrected chi connectivity index (χ0v) is 19.6. The van der Waals surface area contributed by atoms with Crippen molar-refractivity contribution in [3.8, 4) is 17.6 Å². The van der Waals surface area contributed by atoms with Crippen LogP contribution in [0.5, 0.6) is 5.75 Å². The van der Waals surface area contributed by atoms with Crippen LogP contribution in [0.2, 0.25) is 0 Å². The minimum atomic E-state index is -4.42. The normalized spacial score (nSPS) is 18.7. The summed E-state index contributed by atoms with van der Waals surface area (Å²) in [6, 6.07) is 13.6. The molecule has 0 aliphatic carbocycles. The molecule has 0 bridgehead atoms. The number of nitrogens with one attached hydrogen (secondary N) is 2. The van der Waals surface area contributed by atoms with Crippen molar-refractivity contribution in [2.75, 3.05) is 44.4 Å². The number of nitrogens with zero attached hydrogens (tertiary/aromatic N) is 2. The molecule has 35 heavy (non-hydrogen) atoms. The highest BCUT2D eigenvalue weighted by molar-refractivity contribution is 5.94. The molecular formula is C26H28F4N4O. The lowest BCUT2D eigenvalue weighted by molar-refractivity contribution is -0.140. The number of benzene rings is 2. The van der Waals surface area contributed by atoms with E-state index in [-0.39, 0.29) is 12.2 Å². The molecule has 4 rings (SSSR count). The van der Waals surface area contributed by atoms with Gasteiger partial charge in [0.25, 0.3) is 0 Å². The molecule has 5 nitrogen and oxygen atoms in total. The first-order valence-electron chi connectivity index (χ1n) is 11.4. The first kappa shape index (κ1) is 24.7. The Kier molecular flexibility index (Phi) is 7.41. The van der Waals surface area contributed by atoms with Gasteiger partial charge in [0.1, 0.15) is 18.5 Å². The molecular weight excluding hydrogens is 460 g/mol. The summed E-state index contributed by atoms with van der Waals surface area (Å²) in [5, 5.41) is 6.94. The monoisotopic (exact) mass is 488 g/mol. The maximum Gasteiger partial charge on any atom is 0.406 e. The molecule has 2 unspecified atom stereocenters. The Morgan fingerprint density at radius 1 is 1.11 bits per heavy atom. The molecule has 1 aliphatic heterocycles. The number of ether oxygens (including phenoxy) is 1. The summed E-state index contributed by atoms with van der Waals surface area (Å²) >= 11 is 0. The zero-order valence-electron chi connectivity index (χ0n) is 19.6. The molecule has 1 saturated heterocycles. The Labute approximate surface area is 202 Å². The summed E-state index contributed by atoms with van der Waals surface area (Å²) in [5.74, 6) is 6.44. The van der Waals surface area contributed by atoms with E-state index in [0.717, 1.165) is 16.8 Å². The molecule has 2 heterocycles. The third-order valence-electron chi connectivity index (χ3n) is 6.06. The quantitative estimate of drug-likeness (QED) is 0.373. The van der Waals surface area contributed by atoms with Gasteiger partial charge >= 0.3 is 6.18 Å². The van der Waals surface area contributed by atoms with Gasteiger partial charge in [-0.25, -0.2) is 4.39 Å². The van der Waals surface area contributed by atoms with Crippen LogP contribution in [0.25, 0.3) is 10.9 Å². The van der Waals surface area contributed by atoms with Crippen molar-refractivity contribution >= 4 is 22.3 Å². The minimum Gasteiger partial charge on any atom is -0.495 e. The predicted octanol–water partition coefficient (Wildman–Crippen LogP) is 5.13. The highest BCUT2D eigenvalue weighted by atomic mass is 19.4. The van der Waals surface area contributed by atoms with Crippen LogP contribution in [0, 0.1) is 11.8 Å². The van der Waals surface area contributed by atoms with Crippen LogP contribution in [-0.2, 0) is 6.54 Å². The molecule has 0 saturated carbocycles. The number of hydrogen-bond acceptors (Lipinski definition) is 4. The molecule has 9 heteroatoms. The highest BCUT2D eigenvalue weighted by Gasteiger charge is 2.31. The summed E-state index contributed by atoms with van der Waals surface area (Å²) in [7, 11) is 3.43. The fraction of sp³-hybridized carbons (Fsp3) is 0.385. The average Bonchev–Trinajstić information content (AvgIpc) is 3.15. The number of hydrogen-bond donors (Lipinski definition) is 2. The Bertz CT molecular complexity index is 1230. The van der Waals surface area contributed by atoms with Gasteiger partial charge in [-0.3, -0.25) is 0 Å². The summed E-state index contributed by atoms with van der Waals surface area (Å²) < 4.78 is 61.3. The molecule has 1 aromatic heterocycles. The van der Waals surface area contributed by atoms with Gasteiger partial charge in [0, 0.05) is 24.2 Å². The summed E-state index contributed by atoms with van der Waals surface area (Å²) in [4.78, 5) is 1.93. The minimum absolute atomic E-state index is 0.220. The van der Waals surface area contributed by atoms with E-state index in [1.54, 1.807) is 37.4 Å². The van der Waals surface area contributed by atoms with Crippen molar-refractivity contribution in [1.29, 1.82) is 0 Å². The number of alkyl halides is 4. The van der Waals surface area contributed by atoms with E-state index in [0.29, 0.717) is 35.3 Å². The molecule has 186 valence electrons. The lowest BCUT2D eigenvalue weighted by Gasteiger charge is -2.33. The Hall–Kier alpha value is -3.38. The number of halogens is 4. The Balaban J connectivity index is 1.62. The van der Waals surface area contributed by atoms with Gasteiger partial charge < -0.3 is 24.8 Å². The van der Waals surface area contributed by atoms with Crippen molar-refractivity contribution in [3.05, 3.63) is 54.2 Å². The van der Waals surface area contributed by atoms with Gasteiger partial charge in [0.2, 0.25) is 0 Å². The van der Waals surface area contributed by atoms with Crippen molar-refractivity contribution in [1.82, 2.24) is 9.47 Å². The fourth-order valence-corrected chi connectivity index (χ4v) is 4.35. The molecule has 0 spiro atoms. The number of rotatable bonds is 6. The zero-order chi connectivity index (χ0) is 25.0. The molecule has 2 atom stereocenters. The number of likely N-dealkylation sites (tertiary alicyclic amines) is 1. The van der Waals surface area contributed by atoms with E-state index in [1.807, 2.05) is 30.1 Å². The second kappa shape index (κ2) is 10.5. The van der Waals surface area contributed by atoms with Crippen molar-refractivity contribution in [2.45, 2.75) is 31.4 Å². The largest absolute Gasteiger partial charge is 0.495 e. The smallest absolute Gasteiger partial charge is 0.406 e. The topological polar surface area (TPSA) is 41.5 Å². The van der Waals surface area contributed by atoms with Crippen LogP contribution in [-0.4, -0.2) is 61.6 Å². The second-order valence-corrected chi connectivity index (χ2v) is 8.64. The average molecular weight is 489 g/mol. The maximum absolute atomic E-state index is 14.6. The van der Waals surface area contributed by atoms with E-state index in [9.17, 15) is 17.6 Å². The van der Waals surface area contributed by atoms with Crippen LogP contribution in [0.15, 0.2) is 48.5 Å². The van der Waals surface area contributed by atoms with Gasteiger partial charge in [0.05, 0.1) is 36.6 Å². The second-order valence-electron chi connectivity index (χ2n) is 8.64. The standard InChI is InChI=1S/C26H28F4N4O/c1-33-14-12-22(20(27)16-33)32-21-9-5-10-24-19(21)15-18(34(24)17-26(28,29)30)7-6-13-31-23-8-3-4-11-25(23)35-2/h3-5,8-11,15,20,22,31-32H,12-14,16-17H2,1-2H3. The van der Waals surface area contributed by atoms with Crippen molar-refractivity contribution in [2.24, 2.45) is 0 Å². The summed E-state index contributed by atoms with van der Waals surface area (Å²) in [6.45, 7) is 0.125. The van der Waals surface area contributed by atoms with Crippen LogP contribution in [0.4, 0.5) is 28.9 Å². The number of piperidine rings is 1. The Morgan fingerprint density at radius 3 is 2.63 bits per heavy atom. The SMILES string of the molecule is COc1ccccc1NCC#Cc1cc2c(NC3CCN(C)CC3F)cccc2n1CC(F)(F)F. The molecule has 2 aromatic carbocycles. The molecule has 3 aromatic rings. The number of methoxy groups -OCH3 is 1. The summed E-state index contributed by atoms with van der Waals surface area (Å²) in [6.07, 6.45) is -4.88. The van der Waals surface area contributed by atoms with E-state index >= 15 is 0 Å². The first-order chi connectivity index (χ1) is 16.7. The van der Waals surface area contributed by atoms with Crippen molar-refractivity contribution < 1.29 is 22.3 Å². The molecule has 0 radical (unpaired) electrons. The molecule has 1 fully saturated rings. The lowest BCUT2D eigenvalue weighted by Crippen LogP contribution is -2.46. The Morgan fingerprint density at radius 2 is 1.89 bits per heavy atom. The molecule has 1 aliphatic rings. The fourth-order valence-electron chi connectivity index (χ4n) is 4.35. The van der Waals surface area contributed by atoms with Crippen LogP contribution in [0.1, 0.15) is 12.1 Å². The summed E-state index contributed by atoms with van der Waals surface area (Å²) in [5.41, 5.74) is 1.99. The van der Waals surface area contributed by atoms with Crippen LogP contribution >= 0.6 is 0 Å². The lowest BCUT2D eigenvalue weighted by atomic mass is 10.0. The van der Waals surface area contributed by atoms with E-state index < -0.39 is 24.9 Å². The first-order valence-corrected chi connectivity index (χ1v) is 11.4. The molecule has 2 N–H and O–H groups in total. The van der Waals surface area contributed by atoms with Gasteiger partial charge in [-0.2, -0.15) is 13.2 Å². The highest BCUT2D eigenvalue weighted by Crippen LogP contribution is 2.31. The van der Waals surface area contributed by atoms with E-state index in [2.05, 4.69) is 22.5 Å².